The Bertz CT molecular complexity index is 486. The molecule has 6 nitrogen and oxygen atoms in total. The van der Waals surface area contributed by atoms with Crippen LogP contribution in [-0.4, -0.2) is 17.9 Å². The molecule has 201 valence electrons. The van der Waals surface area contributed by atoms with E-state index in [1.807, 2.05) is 20.8 Å². The van der Waals surface area contributed by atoms with Crippen molar-refractivity contribution in [2.75, 3.05) is 0 Å². The fourth-order valence-electron chi connectivity index (χ4n) is 4.21. The molecule has 3 unspecified atom stereocenters. The van der Waals surface area contributed by atoms with Crippen LogP contribution in [0.3, 0.4) is 0 Å². The van der Waals surface area contributed by atoms with Gasteiger partial charge in [0, 0.05) is 17.9 Å². The van der Waals surface area contributed by atoms with Crippen LogP contribution in [0, 0.1) is 34.0 Å². The summed E-state index contributed by atoms with van der Waals surface area (Å²) in [7, 11) is 0. The first-order valence-electron chi connectivity index (χ1n) is 12.0. The van der Waals surface area contributed by atoms with Crippen molar-refractivity contribution in [1.29, 1.82) is 0 Å². The average molecular weight is 524 g/mol. The van der Waals surface area contributed by atoms with Crippen LogP contribution in [0.25, 0.3) is 0 Å². The maximum atomic E-state index is 10.2. The minimum atomic E-state index is -0.943. The number of carbonyl (C=O) groups excluding carboxylic acids is 3. The summed E-state index contributed by atoms with van der Waals surface area (Å²) in [4.78, 5) is 30.6. The van der Waals surface area contributed by atoms with Crippen molar-refractivity contribution in [3.63, 3.8) is 0 Å². The van der Waals surface area contributed by atoms with Gasteiger partial charge < -0.3 is 29.7 Å². The maximum absolute atomic E-state index is 10.2. The Kier molecular flexibility index (Phi) is 21.5. The molecule has 0 aromatic heterocycles. The van der Waals surface area contributed by atoms with Crippen LogP contribution in [0.15, 0.2) is 0 Å². The third-order valence-corrected chi connectivity index (χ3v) is 4.43. The van der Waals surface area contributed by atoms with E-state index in [1.54, 1.807) is 0 Å². The Balaban J connectivity index is -0.000000196. The Hall–Kier alpha value is -1.06. The molecule has 0 N–H and O–H groups in total. The summed E-state index contributed by atoms with van der Waals surface area (Å²) in [6, 6.07) is 0. The number of hydrogen-bond donors (Lipinski definition) is 0. The molecule has 0 saturated carbocycles. The molecule has 0 bridgehead atoms. The van der Waals surface area contributed by atoms with Gasteiger partial charge in [0.2, 0.25) is 0 Å². The van der Waals surface area contributed by atoms with Gasteiger partial charge in [0.1, 0.15) is 0 Å². The molecule has 0 fully saturated rings. The van der Waals surface area contributed by atoms with E-state index < -0.39 is 17.9 Å². The van der Waals surface area contributed by atoms with Gasteiger partial charge in [-0.25, -0.2) is 0 Å². The van der Waals surface area contributed by atoms with Crippen molar-refractivity contribution >= 4 is 17.9 Å². The number of carbonyl (C=O) groups is 3. The predicted octanol–water partition coefficient (Wildman–Crippen LogP) is 3.59. The van der Waals surface area contributed by atoms with Gasteiger partial charge in [0.05, 0.1) is 0 Å². The van der Waals surface area contributed by atoms with E-state index in [9.17, 15) is 29.7 Å². The molecule has 0 aromatic rings. The molecule has 34 heavy (non-hydrogen) atoms. The van der Waals surface area contributed by atoms with Gasteiger partial charge in [0.15, 0.2) is 0 Å². The number of hydrogen-bond acceptors (Lipinski definition) is 6. The van der Waals surface area contributed by atoms with Gasteiger partial charge in [0.25, 0.3) is 0 Å². The third kappa shape index (κ3) is 41.2. The molecule has 3 atom stereocenters. The van der Waals surface area contributed by atoms with E-state index in [-0.39, 0.29) is 70.6 Å². The summed E-state index contributed by atoms with van der Waals surface area (Å²) in [5.74, 6) is -2.16. The molecule has 0 amide bonds. The molecule has 0 aliphatic carbocycles. The molecule has 7 heteroatoms. The van der Waals surface area contributed by atoms with Gasteiger partial charge in [-0.05, 0) is 72.5 Å². The molecule has 0 saturated heterocycles. The maximum Gasteiger partial charge on any atom is 3.00 e. The first-order chi connectivity index (χ1) is 14.4. The molecule has 0 heterocycles. The monoisotopic (exact) mass is 523 g/mol. The van der Waals surface area contributed by atoms with Crippen LogP contribution in [0.2, 0.25) is 0 Å². The van der Waals surface area contributed by atoms with Gasteiger partial charge in [-0.1, -0.05) is 83.1 Å². The summed E-state index contributed by atoms with van der Waals surface area (Å²) in [5, 5.41) is 30.6. The van der Waals surface area contributed by atoms with Gasteiger partial charge in [-0.15, -0.1) is 0 Å². The largest absolute Gasteiger partial charge is 3.00 e. The van der Waals surface area contributed by atoms with Gasteiger partial charge in [-0.3, -0.25) is 0 Å². The van der Waals surface area contributed by atoms with Crippen LogP contribution in [-0.2, 0) is 31.7 Å². The Morgan fingerprint density at radius 2 is 0.647 bits per heavy atom. The van der Waals surface area contributed by atoms with Crippen molar-refractivity contribution in [3.8, 4) is 0 Å². The zero-order chi connectivity index (χ0) is 27.2. The normalized spacial score (nSPS) is 14.1. The standard InChI is InChI=1S/3C9H18O2.Cr/c3*1-7(5-8(10)11)6-9(2,3)4;/h3*7H,5-6H2,1-4H3,(H,10,11);/q;;;+3/p-3. The Labute approximate surface area is 220 Å². The molecule has 1 radical (unpaired) electrons. The minimum Gasteiger partial charge on any atom is -0.550 e. The summed E-state index contributed by atoms with van der Waals surface area (Å²) in [5.41, 5.74) is 0.651. The van der Waals surface area contributed by atoms with Crippen molar-refractivity contribution in [2.45, 2.75) is 122 Å². The van der Waals surface area contributed by atoms with Crippen molar-refractivity contribution < 1.29 is 47.1 Å². The van der Waals surface area contributed by atoms with Crippen LogP contribution in [0.1, 0.15) is 122 Å². The fourth-order valence-corrected chi connectivity index (χ4v) is 4.21. The SMILES string of the molecule is CC(CC(=O)[O-])CC(C)(C)C.CC(CC(=O)[O-])CC(C)(C)C.CC(CC(=O)[O-])CC(C)(C)C.[Cr+3]. The van der Waals surface area contributed by atoms with Gasteiger partial charge >= 0.3 is 17.4 Å². The van der Waals surface area contributed by atoms with Crippen LogP contribution in [0.5, 0.6) is 0 Å². The Morgan fingerprint density at radius 3 is 0.735 bits per heavy atom. The first-order valence-corrected chi connectivity index (χ1v) is 12.0. The number of carboxylic acid groups (broad SMARTS) is 3. The summed E-state index contributed by atoms with van der Waals surface area (Å²) >= 11 is 0. The quantitative estimate of drug-likeness (QED) is 0.455. The molecular formula is C27H51CrO6. The second-order valence-corrected chi connectivity index (χ2v) is 13.3. The number of aliphatic carboxylic acids is 3. The van der Waals surface area contributed by atoms with E-state index in [4.69, 9.17) is 0 Å². The topological polar surface area (TPSA) is 120 Å². The molecule has 0 spiro atoms. The summed E-state index contributed by atoms with van der Waals surface area (Å²) in [6.07, 6.45) is 3.33. The van der Waals surface area contributed by atoms with Crippen LogP contribution >= 0.6 is 0 Å². The number of rotatable bonds is 9. The van der Waals surface area contributed by atoms with E-state index in [0.29, 0.717) is 0 Å². The van der Waals surface area contributed by atoms with Crippen LogP contribution < -0.4 is 15.3 Å². The number of carboxylic acids is 3. The second-order valence-electron chi connectivity index (χ2n) is 13.3. The smallest absolute Gasteiger partial charge is 0.550 e. The first kappa shape index (κ1) is 40.1. The molecule has 0 aromatic carbocycles. The van der Waals surface area contributed by atoms with Gasteiger partial charge in [-0.2, -0.15) is 0 Å². The second kappa shape index (κ2) is 18.2. The predicted molar refractivity (Wildman–Crippen MR) is 129 cm³/mol. The minimum absolute atomic E-state index is 0. The summed E-state index contributed by atoms with van der Waals surface area (Å²) < 4.78 is 0. The molecule has 0 rings (SSSR count). The van der Waals surface area contributed by atoms with E-state index in [2.05, 4.69) is 62.3 Å². The fraction of sp³-hybridized carbons (Fsp3) is 0.889. The molecule has 0 aliphatic rings. The molecular weight excluding hydrogens is 472 g/mol. The summed E-state index contributed by atoms with van der Waals surface area (Å²) in [6.45, 7) is 24.8. The van der Waals surface area contributed by atoms with E-state index in [0.717, 1.165) is 19.3 Å². The zero-order valence-electron chi connectivity index (χ0n) is 23.8. The molecule has 0 aliphatic heterocycles. The van der Waals surface area contributed by atoms with E-state index in [1.165, 1.54) is 0 Å². The van der Waals surface area contributed by atoms with Crippen molar-refractivity contribution in [1.82, 2.24) is 0 Å². The third-order valence-electron chi connectivity index (χ3n) is 4.43. The van der Waals surface area contributed by atoms with Crippen molar-refractivity contribution in [3.05, 3.63) is 0 Å². The van der Waals surface area contributed by atoms with Crippen molar-refractivity contribution in [2.24, 2.45) is 34.0 Å². The average Bonchev–Trinajstić information content (AvgIpc) is 2.38. The zero-order valence-corrected chi connectivity index (χ0v) is 25.1. The Morgan fingerprint density at radius 1 is 0.500 bits per heavy atom. The van der Waals surface area contributed by atoms with Crippen LogP contribution in [0.4, 0.5) is 0 Å². The van der Waals surface area contributed by atoms with E-state index >= 15 is 0 Å².